The van der Waals surface area contributed by atoms with Gasteiger partial charge in [0.1, 0.15) is 11.5 Å². The van der Waals surface area contributed by atoms with Crippen molar-refractivity contribution in [3.05, 3.63) is 83.6 Å². The van der Waals surface area contributed by atoms with Crippen molar-refractivity contribution >= 4 is 17.7 Å². The number of hydrogen-bond donors (Lipinski definition) is 0. The molecule has 3 rings (SSSR count). The number of hydrogen-bond acceptors (Lipinski definition) is 6. The second-order valence-corrected chi connectivity index (χ2v) is 7.64. The van der Waals surface area contributed by atoms with E-state index in [1.165, 1.54) is 14.2 Å². The zero-order chi connectivity index (χ0) is 22.5. The van der Waals surface area contributed by atoms with E-state index < -0.39 is 35.9 Å². The molecule has 2 aromatic rings. The molecule has 0 bridgehead atoms. The molecule has 0 spiro atoms. The minimum atomic E-state index is -0.670. The average molecular weight is 421 g/mol. The Labute approximate surface area is 182 Å². The minimum absolute atomic E-state index is 0.0586. The predicted octanol–water partition coefficient (Wildman–Crippen LogP) is 3.86. The monoisotopic (exact) mass is 421 g/mol. The van der Waals surface area contributed by atoms with Crippen molar-refractivity contribution in [1.29, 1.82) is 0 Å². The number of carbonyl (C=O) groups is 3. The number of nitrogens with zero attached hydrogens (tertiary/aromatic N) is 1. The summed E-state index contributed by atoms with van der Waals surface area (Å²) in [7, 11) is 2.52. The van der Waals surface area contributed by atoms with Crippen LogP contribution in [0.3, 0.4) is 0 Å². The lowest BCUT2D eigenvalue weighted by molar-refractivity contribution is -0.145. The summed E-state index contributed by atoms with van der Waals surface area (Å²) in [5.74, 6) is -2.07. The van der Waals surface area contributed by atoms with E-state index >= 15 is 0 Å². The highest BCUT2D eigenvalue weighted by Crippen LogP contribution is 2.48. The summed E-state index contributed by atoms with van der Waals surface area (Å²) >= 11 is 0. The van der Waals surface area contributed by atoms with Gasteiger partial charge in [-0.25, -0.2) is 9.59 Å². The van der Waals surface area contributed by atoms with Crippen LogP contribution in [0.1, 0.15) is 37.1 Å². The second-order valence-electron chi connectivity index (χ2n) is 7.64. The molecule has 1 fully saturated rings. The van der Waals surface area contributed by atoms with Crippen molar-refractivity contribution in [2.45, 2.75) is 25.9 Å². The highest BCUT2D eigenvalue weighted by molar-refractivity contribution is 5.96. The van der Waals surface area contributed by atoms with Crippen LogP contribution >= 0.6 is 0 Å². The van der Waals surface area contributed by atoms with Crippen molar-refractivity contribution in [1.82, 2.24) is 4.90 Å². The van der Waals surface area contributed by atoms with Gasteiger partial charge in [-0.3, -0.25) is 4.79 Å². The van der Waals surface area contributed by atoms with Crippen molar-refractivity contribution in [2.24, 2.45) is 11.8 Å². The smallest absolute Gasteiger partial charge is 0.354 e. The third-order valence-corrected chi connectivity index (χ3v) is 5.85. The quantitative estimate of drug-likeness (QED) is 0.539. The van der Waals surface area contributed by atoms with Gasteiger partial charge in [-0.15, -0.1) is 0 Å². The number of Topliss-reactive ketones (excluding diaryl/α,β-unsaturated/α-hetero) is 1. The summed E-state index contributed by atoms with van der Waals surface area (Å²) in [4.78, 5) is 40.3. The van der Waals surface area contributed by atoms with E-state index in [1.54, 1.807) is 0 Å². The van der Waals surface area contributed by atoms with Gasteiger partial charge >= 0.3 is 11.9 Å². The number of piperidine rings is 1. The normalized spacial score (nSPS) is 23.9. The number of methoxy groups -OCH3 is 2. The van der Waals surface area contributed by atoms with E-state index in [1.807, 2.05) is 79.4 Å². The van der Waals surface area contributed by atoms with Gasteiger partial charge in [0.2, 0.25) is 0 Å². The summed E-state index contributed by atoms with van der Waals surface area (Å²) in [6, 6.07) is 18.1. The molecule has 1 aliphatic rings. The van der Waals surface area contributed by atoms with Gasteiger partial charge in [-0.1, -0.05) is 74.5 Å². The van der Waals surface area contributed by atoms with Crippen LogP contribution in [-0.4, -0.2) is 36.8 Å². The predicted molar refractivity (Wildman–Crippen MR) is 116 cm³/mol. The highest BCUT2D eigenvalue weighted by Gasteiger charge is 2.48. The van der Waals surface area contributed by atoms with Crippen molar-refractivity contribution in [2.75, 3.05) is 14.2 Å². The summed E-state index contributed by atoms with van der Waals surface area (Å²) in [6.07, 6.45) is 1.15. The van der Waals surface area contributed by atoms with Crippen LogP contribution < -0.4 is 0 Å². The van der Waals surface area contributed by atoms with E-state index in [0.717, 1.165) is 17.2 Å². The maximum absolute atomic E-state index is 13.3. The Balaban J connectivity index is 2.29. The number of esters is 2. The largest absolute Gasteiger partial charge is 0.466 e. The SMILES string of the molecule is COC(=O)/C=C(\C(=O)OC)N1[C@@H](c2ccccc2)[C@@H](C)C(=O)[C@H](C)[C@@H]1c1ccccc1. The van der Waals surface area contributed by atoms with E-state index in [-0.39, 0.29) is 11.5 Å². The van der Waals surface area contributed by atoms with Crippen LogP contribution in [0, 0.1) is 11.8 Å². The Morgan fingerprint density at radius 3 is 1.65 bits per heavy atom. The zero-order valence-corrected chi connectivity index (χ0v) is 18.1. The Bertz CT molecular complexity index is 914. The van der Waals surface area contributed by atoms with Crippen LogP contribution in [0.4, 0.5) is 0 Å². The topological polar surface area (TPSA) is 72.9 Å². The van der Waals surface area contributed by atoms with E-state index in [4.69, 9.17) is 9.47 Å². The fourth-order valence-corrected chi connectivity index (χ4v) is 4.39. The van der Waals surface area contributed by atoms with Gasteiger partial charge < -0.3 is 14.4 Å². The maximum Gasteiger partial charge on any atom is 0.354 e. The van der Waals surface area contributed by atoms with E-state index in [0.29, 0.717) is 0 Å². The van der Waals surface area contributed by atoms with Crippen molar-refractivity contribution < 1.29 is 23.9 Å². The first kappa shape index (κ1) is 22.3. The summed E-state index contributed by atoms with van der Waals surface area (Å²) in [5.41, 5.74) is 1.80. The lowest BCUT2D eigenvalue weighted by Crippen LogP contribution is -2.50. The summed E-state index contributed by atoms with van der Waals surface area (Å²) in [6.45, 7) is 3.72. The molecule has 2 aromatic carbocycles. The molecule has 4 atom stereocenters. The standard InChI is InChI=1S/C25H27NO5/c1-16-22(18-11-7-5-8-12-18)26(20(25(29)31-4)15-21(27)30-3)23(17(2)24(16)28)19-13-9-6-10-14-19/h5-17,22-23H,1-4H3/b20-15+/t16-,17-,22-,23-/m1/s1. The van der Waals surface area contributed by atoms with Gasteiger partial charge in [0.05, 0.1) is 32.4 Å². The Kier molecular flexibility index (Phi) is 6.90. The fraction of sp³-hybridized carbons (Fsp3) is 0.320. The number of likely N-dealkylation sites (tertiary alicyclic amines) is 1. The molecule has 0 radical (unpaired) electrons. The maximum atomic E-state index is 13.3. The summed E-state index contributed by atoms with van der Waals surface area (Å²) < 4.78 is 9.84. The van der Waals surface area contributed by atoms with Crippen LogP contribution in [0.15, 0.2) is 72.4 Å². The van der Waals surface area contributed by atoms with Gasteiger partial charge in [-0.2, -0.15) is 0 Å². The third-order valence-electron chi connectivity index (χ3n) is 5.85. The van der Waals surface area contributed by atoms with Crippen LogP contribution in [0.25, 0.3) is 0 Å². The van der Waals surface area contributed by atoms with E-state index in [2.05, 4.69) is 0 Å². The van der Waals surface area contributed by atoms with Gasteiger partial charge in [0.15, 0.2) is 0 Å². The molecule has 0 aromatic heterocycles. The highest BCUT2D eigenvalue weighted by atomic mass is 16.5. The average Bonchev–Trinajstić information content (AvgIpc) is 2.81. The molecule has 162 valence electrons. The number of ether oxygens (including phenoxy) is 2. The van der Waals surface area contributed by atoms with Crippen molar-refractivity contribution in [3.8, 4) is 0 Å². The molecule has 0 unspecified atom stereocenters. The molecule has 6 heteroatoms. The minimum Gasteiger partial charge on any atom is -0.466 e. The Morgan fingerprint density at radius 2 is 1.26 bits per heavy atom. The zero-order valence-electron chi connectivity index (χ0n) is 18.1. The number of rotatable bonds is 5. The molecule has 31 heavy (non-hydrogen) atoms. The fourth-order valence-electron chi connectivity index (χ4n) is 4.39. The van der Waals surface area contributed by atoms with Gasteiger partial charge in [0.25, 0.3) is 0 Å². The first-order valence-electron chi connectivity index (χ1n) is 10.2. The molecule has 6 nitrogen and oxygen atoms in total. The molecular formula is C25H27NO5. The number of ketones is 1. The molecule has 0 aliphatic carbocycles. The lowest BCUT2D eigenvalue weighted by Gasteiger charge is -2.49. The first-order chi connectivity index (χ1) is 14.9. The Morgan fingerprint density at radius 1 is 0.806 bits per heavy atom. The molecule has 0 saturated carbocycles. The van der Waals surface area contributed by atoms with Gasteiger partial charge in [-0.05, 0) is 11.1 Å². The van der Waals surface area contributed by atoms with Crippen molar-refractivity contribution in [3.63, 3.8) is 0 Å². The molecule has 0 amide bonds. The Hall–Kier alpha value is -3.41. The second kappa shape index (κ2) is 9.60. The van der Waals surface area contributed by atoms with Gasteiger partial charge in [0, 0.05) is 11.8 Å². The number of carbonyl (C=O) groups excluding carboxylic acids is 3. The first-order valence-corrected chi connectivity index (χ1v) is 10.2. The molecular weight excluding hydrogens is 394 g/mol. The van der Waals surface area contributed by atoms with Crippen LogP contribution in [0.2, 0.25) is 0 Å². The van der Waals surface area contributed by atoms with Crippen LogP contribution in [-0.2, 0) is 23.9 Å². The third kappa shape index (κ3) is 4.38. The molecule has 1 aliphatic heterocycles. The molecule has 1 heterocycles. The summed E-state index contributed by atoms with van der Waals surface area (Å²) in [5, 5.41) is 0. The molecule has 0 N–H and O–H groups in total. The molecule has 1 saturated heterocycles. The van der Waals surface area contributed by atoms with E-state index in [9.17, 15) is 14.4 Å². The number of benzene rings is 2. The van der Waals surface area contributed by atoms with Crippen LogP contribution in [0.5, 0.6) is 0 Å². The lowest BCUT2D eigenvalue weighted by atomic mass is 9.74.